The minimum Gasteiger partial charge on any atom is -0.508 e. The Kier molecular flexibility index (Phi) is 2.12. The lowest BCUT2D eigenvalue weighted by molar-refractivity contribution is 0.476. The van der Waals surface area contributed by atoms with Gasteiger partial charge in [0.15, 0.2) is 0 Å². The highest BCUT2D eigenvalue weighted by molar-refractivity contribution is 6.08. The van der Waals surface area contributed by atoms with Crippen molar-refractivity contribution in [1.82, 2.24) is 0 Å². The van der Waals surface area contributed by atoms with Gasteiger partial charge in [-0.1, -0.05) is 24.3 Å². The van der Waals surface area contributed by atoms with Crippen LogP contribution in [0, 0.1) is 0 Å². The van der Waals surface area contributed by atoms with E-state index in [0.717, 1.165) is 5.39 Å². The van der Waals surface area contributed by atoms with Crippen LogP contribution in [0.25, 0.3) is 32.7 Å². The van der Waals surface area contributed by atoms with Crippen LogP contribution in [-0.2, 0) is 0 Å². The van der Waals surface area contributed by atoms with Crippen LogP contribution in [0.2, 0.25) is 0 Å². The summed E-state index contributed by atoms with van der Waals surface area (Å²) in [6.07, 6.45) is 0. The van der Waals surface area contributed by atoms with Gasteiger partial charge in [0, 0.05) is 5.39 Å². The summed E-state index contributed by atoms with van der Waals surface area (Å²) < 4.78 is 5.79. The molecule has 0 atom stereocenters. The first-order valence-corrected chi connectivity index (χ1v) is 6.31. The average molecular weight is 262 g/mol. The largest absolute Gasteiger partial charge is 0.508 e. The monoisotopic (exact) mass is 262 g/mol. The normalized spacial score (nSPS) is 11.4. The second kappa shape index (κ2) is 3.84. The molecule has 1 N–H and O–H groups in total. The Morgan fingerprint density at radius 1 is 0.850 bits per heavy atom. The van der Waals surface area contributed by atoms with Gasteiger partial charge in [-0.05, 0) is 35.7 Å². The lowest BCUT2D eigenvalue weighted by Crippen LogP contribution is -2.02. The zero-order valence-corrected chi connectivity index (χ0v) is 10.5. The molecule has 0 aliphatic rings. The van der Waals surface area contributed by atoms with Gasteiger partial charge in [-0.3, -0.25) is 4.79 Å². The Bertz CT molecular complexity index is 1030. The molecule has 1 aromatic heterocycles. The summed E-state index contributed by atoms with van der Waals surface area (Å²) in [6.45, 7) is 0. The Morgan fingerprint density at radius 3 is 2.55 bits per heavy atom. The third-order valence-electron chi connectivity index (χ3n) is 3.55. The van der Waals surface area contributed by atoms with Gasteiger partial charge in [0.25, 0.3) is 0 Å². The van der Waals surface area contributed by atoms with Crippen molar-refractivity contribution in [3.05, 3.63) is 64.8 Å². The highest BCUT2D eigenvalue weighted by atomic mass is 16.3. The van der Waals surface area contributed by atoms with Crippen molar-refractivity contribution < 1.29 is 9.52 Å². The zero-order valence-electron chi connectivity index (χ0n) is 10.5. The molecule has 0 aliphatic carbocycles. The van der Waals surface area contributed by atoms with Crippen molar-refractivity contribution in [1.29, 1.82) is 0 Å². The Morgan fingerprint density at radius 2 is 1.65 bits per heavy atom. The molecule has 3 nitrogen and oxygen atoms in total. The van der Waals surface area contributed by atoms with Crippen molar-refractivity contribution in [3.8, 4) is 5.75 Å². The first-order valence-electron chi connectivity index (χ1n) is 6.31. The van der Waals surface area contributed by atoms with Gasteiger partial charge in [-0.25, -0.2) is 0 Å². The molecule has 0 unspecified atom stereocenters. The summed E-state index contributed by atoms with van der Waals surface area (Å²) in [5.74, 6) is 0.137. The van der Waals surface area contributed by atoms with E-state index in [1.807, 2.05) is 18.2 Å². The van der Waals surface area contributed by atoms with E-state index in [2.05, 4.69) is 0 Å². The fraction of sp³-hybridized carbons (Fsp3) is 0. The van der Waals surface area contributed by atoms with Crippen molar-refractivity contribution in [2.75, 3.05) is 0 Å². The second-order valence-electron chi connectivity index (χ2n) is 4.77. The number of phenols is 1. The maximum Gasteiger partial charge on any atom is 0.201 e. The third kappa shape index (κ3) is 1.43. The van der Waals surface area contributed by atoms with Crippen LogP contribution in [0.15, 0.2) is 63.8 Å². The summed E-state index contributed by atoms with van der Waals surface area (Å²) >= 11 is 0. The smallest absolute Gasteiger partial charge is 0.201 e. The molecule has 96 valence electrons. The van der Waals surface area contributed by atoms with Crippen LogP contribution in [0.3, 0.4) is 0 Å². The predicted octanol–water partition coefficient (Wildman–Crippen LogP) is 3.81. The number of benzene rings is 3. The molecule has 0 saturated heterocycles. The fourth-order valence-electron chi connectivity index (χ4n) is 2.60. The quantitative estimate of drug-likeness (QED) is 0.387. The number of para-hydroxylation sites is 1. The summed E-state index contributed by atoms with van der Waals surface area (Å²) in [7, 11) is 0. The van der Waals surface area contributed by atoms with Crippen LogP contribution in [0.4, 0.5) is 0 Å². The summed E-state index contributed by atoms with van der Waals surface area (Å²) in [5.41, 5.74) is 1.04. The number of fused-ring (bicyclic) bond motifs is 4. The van der Waals surface area contributed by atoms with E-state index >= 15 is 0 Å². The maximum absolute atomic E-state index is 12.7. The molecular weight excluding hydrogens is 252 g/mol. The van der Waals surface area contributed by atoms with Gasteiger partial charge in [0.1, 0.15) is 16.9 Å². The van der Waals surface area contributed by atoms with Crippen LogP contribution in [0.1, 0.15) is 0 Å². The van der Waals surface area contributed by atoms with Crippen LogP contribution < -0.4 is 5.43 Å². The van der Waals surface area contributed by atoms with Crippen molar-refractivity contribution in [3.63, 3.8) is 0 Å². The van der Waals surface area contributed by atoms with Gasteiger partial charge in [0.2, 0.25) is 5.43 Å². The topological polar surface area (TPSA) is 50.4 Å². The van der Waals surface area contributed by atoms with Gasteiger partial charge in [-0.2, -0.15) is 0 Å². The molecule has 0 radical (unpaired) electrons. The van der Waals surface area contributed by atoms with Crippen molar-refractivity contribution in [2.45, 2.75) is 0 Å². The van der Waals surface area contributed by atoms with E-state index in [4.69, 9.17) is 4.42 Å². The highest BCUT2D eigenvalue weighted by Crippen LogP contribution is 2.28. The van der Waals surface area contributed by atoms with E-state index < -0.39 is 0 Å². The molecule has 0 amide bonds. The molecule has 0 saturated carbocycles. The SMILES string of the molecule is O=c1c2ccccc2oc2ccc3ccc(O)cc3c12. The first-order chi connectivity index (χ1) is 9.74. The van der Waals surface area contributed by atoms with Crippen molar-refractivity contribution >= 4 is 32.7 Å². The predicted molar refractivity (Wildman–Crippen MR) is 79.2 cm³/mol. The minimum atomic E-state index is -0.0712. The molecular formula is C17H10O3. The lowest BCUT2D eigenvalue weighted by Gasteiger charge is -2.05. The molecule has 1 heterocycles. The molecule has 0 bridgehead atoms. The van der Waals surface area contributed by atoms with Crippen LogP contribution in [0.5, 0.6) is 5.75 Å². The first kappa shape index (κ1) is 11.1. The summed E-state index contributed by atoms with van der Waals surface area (Å²) in [4.78, 5) is 12.7. The zero-order chi connectivity index (χ0) is 13.7. The third-order valence-corrected chi connectivity index (χ3v) is 3.55. The van der Waals surface area contributed by atoms with Gasteiger partial charge in [0.05, 0.1) is 10.8 Å². The minimum absolute atomic E-state index is 0.0712. The van der Waals surface area contributed by atoms with Crippen molar-refractivity contribution in [2.24, 2.45) is 0 Å². The number of rotatable bonds is 0. The fourth-order valence-corrected chi connectivity index (χ4v) is 2.60. The molecule has 4 rings (SSSR count). The Labute approximate surface area is 113 Å². The number of phenolic OH excluding ortho intramolecular Hbond substituents is 1. The van der Waals surface area contributed by atoms with Gasteiger partial charge < -0.3 is 9.52 Å². The summed E-state index contributed by atoms with van der Waals surface area (Å²) in [6, 6.07) is 15.9. The standard InChI is InChI=1S/C17H10O3/c18-11-7-5-10-6-8-15-16(13(10)9-11)17(19)12-3-1-2-4-14(12)20-15/h1-9,18H. The maximum atomic E-state index is 12.7. The average Bonchev–Trinajstić information content (AvgIpc) is 2.47. The molecule has 0 spiro atoms. The van der Waals surface area contributed by atoms with E-state index in [0.29, 0.717) is 27.3 Å². The number of hydrogen-bond donors (Lipinski definition) is 1. The van der Waals surface area contributed by atoms with Gasteiger partial charge >= 0.3 is 0 Å². The second-order valence-corrected chi connectivity index (χ2v) is 4.77. The number of hydrogen-bond acceptors (Lipinski definition) is 3. The molecule has 0 fully saturated rings. The number of aromatic hydroxyl groups is 1. The van der Waals surface area contributed by atoms with E-state index in [1.54, 1.807) is 36.4 Å². The van der Waals surface area contributed by atoms with E-state index in [1.165, 1.54) is 0 Å². The van der Waals surface area contributed by atoms with Crippen LogP contribution in [-0.4, -0.2) is 5.11 Å². The molecule has 3 aromatic carbocycles. The molecule has 20 heavy (non-hydrogen) atoms. The Hall–Kier alpha value is -2.81. The lowest BCUT2D eigenvalue weighted by atomic mass is 10.0. The molecule has 4 aromatic rings. The van der Waals surface area contributed by atoms with Gasteiger partial charge in [-0.15, -0.1) is 0 Å². The van der Waals surface area contributed by atoms with E-state index in [-0.39, 0.29) is 11.2 Å². The molecule has 0 aliphatic heterocycles. The molecule has 3 heteroatoms. The van der Waals surface area contributed by atoms with E-state index in [9.17, 15) is 9.90 Å². The summed E-state index contributed by atoms with van der Waals surface area (Å²) in [5, 5.41) is 12.3. The highest BCUT2D eigenvalue weighted by Gasteiger charge is 2.10. The Balaban J connectivity index is 2.35. The van der Waals surface area contributed by atoms with Crippen LogP contribution >= 0.6 is 0 Å².